The number of hydrogen-bond acceptors (Lipinski definition) is 5. The van der Waals surface area contributed by atoms with Gasteiger partial charge in [-0.05, 0) is 38.7 Å². The molecule has 8 heteroatoms. The lowest BCUT2D eigenvalue weighted by molar-refractivity contribution is -0.138. The summed E-state index contributed by atoms with van der Waals surface area (Å²) in [4.78, 5) is 44.7. The van der Waals surface area contributed by atoms with Gasteiger partial charge in [0.15, 0.2) is 0 Å². The van der Waals surface area contributed by atoms with Crippen LogP contribution in [0.4, 0.5) is 0 Å². The van der Waals surface area contributed by atoms with Crippen LogP contribution in [0, 0.1) is 6.92 Å². The Morgan fingerprint density at radius 3 is 2.76 bits per heavy atom. The second-order valence-electron chi connectivity index (χ2n) is 6.23. The molecule has 1 fully saturated rings. The van der Waals surface area contributed by atoms with Crippen molar-refractivity contribution in [1.29, 1.82) is 0 Å². The summed E-state index contributed by atoms with van der Waals surface area (Å²) in [5.41, 5.74) is 1.53. The van der Waals surface area contributed by atoms with Crippen molar-refractivity contribution < 1.29 is 19.5 Å². The SMILES string of the molecule is CC(=O)N1CCCCC1c1cc(CCC(=O)NCC(=O)O)nc(C)n1. The van der Waals surface area contributed by atoms with Gasteiger partial charge in [0.05, 0.1) is 11.7 Å². The molecule has 2 amide bonds. The van der Waals surface area contributed by atoms with E-state index in [4.69, 9.17) is 5.11 Å². The summed E-state index contributed by atoms with van der Waals surface area (Å²) >= 11 is 0. The molecule has 2 N–H and O–H groups in total. The molecule has 0 bridgehead atoms. The Kier molecular flexibility index (Phi) is 6.44. The highest BCUT2D eigenvalue weighted by molar-refractivity contribution is 5.81. The molecule has 2 heterocycles. The van der Waals surface area contributed by atoms with E-state index in [1.165, 1.54) is 0 Å². The fourth-order valence-electron chi connectivity index (χ4n) is 3.07. The van der Waals surface area contributed by atoms with Crippen LogP contribution in [0.2, 0.25) is 0 Å². The second kappa shape index (κ2) is 8.55. The average Bonchev–Trinajstić information content (AvgIpc) is 2.57. The van der Waals surface area contributed by atoms with Gasteiger partial charge < -0.3 is 15.3 Å². The van der Waals surface area contributed by atoms with E-state index in [0.717, 1.165) is 37.2 Å². The van der Waals surface area contributed by atoms with E-state index in [1.54, 1.807) is 13.8 Å². The van der Waals surface area contributed by atoms with Crippen molar-refractivity contribution in [3.63, 3.8) is 0 Å². The van der Waals surface area contributed by atoms with Gasteiger partial charge in [-0.2, -0.15) is 0 Å². The lowest BCUT2D eigenvalue weighted by Crippen LogP contribution is -2.37. The van der Waals surface area contributed by atoms with Crippen molar-refractivity contribution in [2.45, 2.75) is 52.0 Å². The number of amides is 2. The molecule has 0 aromatic carbocycles. The van der Waals surface area contributed by atoms with Crippen molar-refractivity contribution in [2.75, 3.05) is 13.1 Å². The number of carboxylic acid groups (broad SMARTS) is 1. The van der Waals surface area contributed by atoms with E-state index < -0.39 is 5.97 Å². The number of nitrogens with zero attached hydrogens (tertiary/aromatic N) is 3. The first-order valence-electron chi connectivity index (χ1n) is 8.47. The summed E-state index contributed by atoms with van der Waals surface area (Å²) in [6.07, 6.45) is 3.47. The Bertz CT molecular complexity index is 662. The Labute approximate surface area is 146 Å². The van der Waals surface area contributed by atoms with Crippen LogP contribution < -0.4 is 5.32 Å². The van der Waals surface area contributed by atoms with Crippen molar-refractivity contribution >= 4 is 17.8 Å². The summed E-state index contributed by atoms with van der Waals surface area (Å²) in [7, 11) is 0. The third-order valence-electron chi connectivity index (χ3n) is 4.20. The van der Waals surface area contributed by atoms with Crippen LogP contribution in [0.5, 0.6) is 0 Å². The zero-order valence-corrected chi connectivity index (χ0v) is 14.6. The maximum Gasteiger partial charge on any atom is 0.322 e. The molecule has 1 saturated heterocycles. The van der Waals surface area contributed by atoms with Crippen LogP contribution >= 0.6 is 0 Å². The largest absolute Gasteiger partial charge is 0.480 e. The number of aromatic nitrogens is 2. The molecule has 1 unspecified atom stereocenters. The van der Waals surface area contributed by atoms with Gasteiger partial charge in [0.25, 0.3) is 0 Å². The molecule has 0 radical (unpaired) electrons. The first-order valence-corrected chi connectivity index (χ1v) is 8.47. The van der Waals surface area contributed by atoms with Crippen LogP contribution in [0.3, 0.4) is 0 Å². The Morgan fingerprint density at radius 2 is 2.08 bits per heavy atom. The number of hydrogen-bond donors (Lipinski definition) is 2. The number of likely N-dealkylation sites (tertiary alicyclic amines) is 1. The van der Waals surface area contributed by atoms with Crippen molar-refractivity contribution in [2.24, 2.45) is 0 Å². The van der Waals surface area contributed by atoms with Gasteiger partial charge >= 0.3 is 5.97 Å². The number of rotatable bonds is 6. The third-order valence-corrected chi connectivity index (χ3v) is 4.20. The Morgan fingerprint density at radius 1 is 1.32 bits per heavy atom. The number of carboxylic acids is 1. The van der Waals surface area contributed by atoms with Crippen LogP contribution in [-0.4, -0.2) is 50.8 Å². The minimum atomic E-state index is -1.07. The van der Waals surface area contributed by atoms with Crippen molar-refractivity contribution in [1.82, 2.24) is 20.2 Å². The number of aryl methyl sites for hydroxylation is 2. The lowest BCUT2D eigenvalue weighted by atomic mass is 9.98. The predicted octanol–water partition coefficient (Wildman–Crippen LogP) is 0.992. The van der Waals surface area contributed by atoms with Crippen LogP contribution in [0.25, 0.3) is 0 Å². The molecule has 1 aliphatic heterocycles. The topological polar surface area (TPSA) is 112 Å². The molecular weight excluding hydrogens is 324 g/mol. The zero-order valence-electron chi connectivity index (χ0n) is 14.6. The summed E-state index contributed by atoms with van der Waals surface area (Å²) in [6, 6.07) is 1.80. The van der Waals surface area contributed by atoms with Gasteiger partial charge in [-0.25, -0.2) is 9.97 Å². The maximum atomic E-state index is 11.9. The normalized spacial score (nSPS) is 17.2. The zero-order chi connectivity index (χ0) is 18.4. The smallest absolute Gasteiger partial charge is 0.322 e. The molecule has 25 heavy (non-hydrogen) atoms. The Hall–Kier alpha value is -2.51. The van der Waals surface area contributed by atoms with Gasteiger partial charge in [-0.15, -0.1) is 0 Å². The molecule has 1 atom stereocenters. The first kappa shape index (κ1) is 18.8. The van der Waals surface area contributed by atoms with E-state index in [1.807, 2.05) is 11.0 Å². The maximum absolute atomic E-state index is 11.9. The monoisotopic (exact) mass is 348 g/mol. The molecule has 1 aliphatic rings. The van der Waals surface area contributed by atoms with Gasteiger partial charge in [0, 0.05) is 25.6 Å². The molecule has 136 valence electrons. The van der Waals surface area contributed by atoms with E-state index in [0.29, 0.717) is 12.2 Å². The molecule has 0 spiro atoms. The quantitative estimate of drug-likeness (QED) is 0.793. The number of piperidine rings is 1. The second-order valence-corrected chi connectivity index (χ2v) is 6.23. The third kappa shape index (κ3) is 5.51. The summed E-state index contributed by atoms with van der Waals surface area (Å²) in [6.45, 7) is 3.71. The minimum absolute atomic E-state index is 0.0376. The Balaban J connectivity index is 2.07. The lowest BCUT2D eigenvalue weighted by Gasteiger charge is -2.34. The average molecular weight is 348 g/mol. The highest BCUT2D eigenvalue weighted by Crippen LogP contribution is 2.30. The fourth-order valence-corrected chi connectivity index (χ4v) is 3.07. The van der Waals surface area contributed by atoms with Crippen LogP contribution in [0.15, 0.2) is 6.07 Å². The molecule has 1 aromatic heterocycles. The van der Waals surface area contributed by atoms with E-state index in [-0.39, 0.29) is 30.8 Å². The first-order chi connectivity index (χ1) is 11.9. The van der Waals surface area contributed by atoms with E-state index in [2.05, 4.69) is 15.3 Å². The fraction of sp³-hybridized carbons (Fsp3) is 0.588. The van der Waals surface area contributed by atoms with Gasteiger partial charge in [-0.1, -0.05) is 0 Å². The molecule has 0 saturated carbocycles. The molecular formula is C17H24N4O4. The van der Waals surface area contributed by atoms with Crippen molar-refractivity contribution in [3.8, 4) is 0 Å². The number of carbonyl (C=O) groups is 3. The van der Waals surface area contributed by atoms with E-state index >= 15 is 0 Å². The molecule has 8 nitrogen and oxygen atoms in total. The van der Waals surface area contributed by atoms with Gasteiger partial charge in [-0.3, -0.25) is 14.4 Å². The minimum Gasteiger partial charge on any atom is -0.480 e. The molecule has 0 aliphatic carbocycles. The standard InChI is InChI=1S/C17H24N4O4/c1-11-19-13(6-7-16(23)18-10-17(24)25)9-14(20-11)15-5-3-4-8-21(15)12(2)22/h9,15H,3-8,10H2,1-2H3,(H,18,23)(H,24,25). The van der Waals surface area contributed by atoms with Gasteiger partial charge in [0.1, 0.15) is 12.4 Å². The molecule has 2 rings (SSSR count). The van der Waals surface area contributed by atoms with Gasteiger partial charge in [0.2, 0.25) is 11.8 Å². The summed E-state index contributed by atoms with van der Waals surface area (Å²) in [5.74, 6) is -0.763. The molecule has 1 aromatic rings. The highest BCUT2D eigenvalue weighted by Gasteiger charge is 2.27. The highest BCUT2D eigenvalue weighted by atomic mass is 16.4. The number of aliphatic carboxylic acids is 1. The van der Waals surface area contributed by atoms with E-state index in [9.17, 15) is 14.4 Å². The van der Waals surface area contributed by atoms with Crippen LogP contribution in [-0.2, 0) is 20.8 Å². The number of nitrogens with one attached hydrogen (secondary N) is 1. The summed E-state index contributed by atoms with van der Waals surface area (Å²) < 4.78 is 0. The number of carbonyl (C=O) groups excluding carboxylic acids is 2. The van der Waals surface area contributed by atoms with Crippen LogP contribution in [0.1, 0.15) is 55.9 Å². The van der Waals surface area contributed by atoms with Crippen molar-refractivity contribution in [3.05, 3.63) is 23.3 Å². The predicted molar refractivity (Wildman–Crippen MR) is 89.7 cm³/mol. The summed E-state index contributed by atoms with van der Waals surface area (Å²) in [5, 5.41) is 10.9.